The number of hydrogen-bond acceptors (Lipinski definition) is 5. The molecule has 0 aliphatic carbocycles. The van der Waals surface area contributed by atoms with E-state index >= 15 is 0 Å². The molecule has 0 aliphatic heterocycles. The predicted octanol–water partition coefficient (Wildman–Crippen LogP) is 0.253. The van der Waals surface area contributed by atoms with Crippen molar-refractivity contribution in [1.82, 2.24) is 19.6 Å². The van der Waals surface area contributed by atoms with Crippen LogP contribution in [0.5, 0.6) is 0 Å². The quantitative estimate of drug-likeness (QED) is 0.689. The van der Waals surface area contributed by atoms with E-state index in [1.165, 1.54) is 4.90 Å². The normalized spacial score (nSPS) is 10.2. The molecule has 2 N–H and O–H groups in total. The predicted molar refractivity (Wildman–Crippen MR) is 83.4 cm³/mol. The van der Waals surface area contributed by atoms with Crippen LogP contribution in [0.1, 0.15) is 30.4 Å². The average Bonchev–Trinajstić information content (AvgIpc) is 2.92. The van der Waals surface area contributed by atoms with Crippen molar-refractivity contribution < 1.29 is 24.6 Å². The summed E-state index contributed by atoms with van der Waals surface area (Å²) >= 11 is 0. The molecule has 1 aromatic heterocycles. The number of aromatic nitrogens is 2. The van der Waals surface area contributed by atoms with E-state index in [1.807, 2.05) is 32.8 Å². The molecule has 9 nitrogen and oxygen atoms in total. The van der Waals surface area contributed by atoms with E-state index in [4.69, 9.17) is 15.0 Å². The van der Waals surface area contributed by atoms with Crippen molar-refractivity contribution in [2.75, 3.05) is 33.7 Å². The van der Waals surface area contributed by atoms with Crippen LogP contribution in [0.4, 0.5) is 0 Å². The number of carbonyl (C=O) groups is 3. The number of likely N-dealkylation sites (N-methyl/N-ethyl adjacent to an activating group) is 1. The van der Waals surface area contributed by atoms with Crippen LogP contribution in [0.15, 0.2) is 12.3 Å². The minimum absolute atomic E-state index is 0.0458. The Morgan fingerprint density at radius 3 is 2.35 bits per heavy atom. The maximum Gasteiger partial charge on any atom is 0.323 e. The topological polar surface area (TPSA) is 116 Å². The third-order valence-electron chi connectivity index (χ3n) is 2.81. The summed E-state index contributed by atoms with van der Waals surface area (Å²) in [4.78, 5) is 35.0. The zero-order valence-corrected chi connectivity index (χ0v) is 13.8. The van der Waals surface area contributed by atoms with Crippen molar-refractivity contribution >= 4 is 18.3 Å². The number of aliphatic carboxylic acids is 1. The molecule has 0 spiro atoms. The smallest absolute Gasteiger partial charge is 0.323 e. The Morgan fingerprint density at radius 1 is 1.35 bits per heavy atom. The second kappa shape index (κ2) is 10.3. The Labute approximate surface area is 135 Å². The number of rotatable bonds is 7. The van der Waals surface area contributed by atoms with Crippen LogP contribution in [-0.2, 0) is 9.59 Å². The Kier molecular flexibility index (Phi) is 9.24. The van der Waals surface area contributed by atoms with E-state index in [9.17, 15) is 9.59 Å². The van der Waals surface area contributed by atoms with Crippen LogP contribution < -0.4 is 0 Å². The van der Waals surface area contributed by atoms with Crippen molar-refractivity contribution in [3.63, 3.8) is 0 Å². The lowest BCUT2D eigenvalue weighted by molar-refractivity contribution is -0.137. The van der Waals surface area contributed by atoms with Crippen molar-refractivity contribution in [2.24, 2.45) is 0 Å². The highest BCUT2D eigenvalue weighted by Crippen LogP contribution is 2.11. The van der Waals surface area contributed by atoms with E-state index in [0.717, 1.165) is 0 Å². The van der Waals surface area contributed by atoms with Gasteiger partial charge >= 0.3 is 5.97 Å². The lowest BCUT2D eigenvalue weighted by atomic mass is 10.3. The molecule has 0 fully saturated rings. The van der Waals surface area contributed by atoms with E-state index in [1.54, 1.807) is 16.9 Å². The highest BCUT2D eigenvalue weighted by molar-refractivity contribution is 5.94. The second-order valence-corrected chi connectivity index (χ2v) is 5.28. The molecule has 0 atom stereocenters. The standard InChI is InChI=1S/C13H22N4O3.CH2O2/c1-10(2)17-11(5-6-14-17)13(20)16(9-12(18)19)8-7-15(3)4;2-1-3/h5-6,10H,7-9H2,1-4H3,(H,18,19);1H,(H,2,3). The van der Waals surface area contributed by atoms with Crippen LogP contribution in [0.2, 0.25) is 0 Å². The van der Waals surface area contributed by atoms with E-state index in [0.29, 0.717) is 18.8 Å². The first-order chi connectivity index (χ1) is 10.7. The number of nitrogens with zero attached hydrogens (tertiary/aromatic N) is 4. The molecule has 130 valence electrons. The number of carbonyl (C=O) groups excluding carboxylic acids is 1. The first-order valence-electron chi connectivity index (χ1n) is 7.01. The van der Waals surface area contributed by atoms with Gasteiger partial charge in [-0.15, -0.1) is 0 Å². The van der Waals surface area contributed by atoms with Gasteiger partial charge in [0.15, 0.2) is 0 Å². The lowest BCUT2D eigenvalue weighted by Crippen LogP contribution is -2.41. The maximum absolute atomic E-state index is 12.5. The van der Waals surface area contributed by atoms with Crippen LogP contribution in [0.3, 0.4) is 0 Å². The molecule has 9 heteroatoms. The zero-order valence-electron chi connectivity index (χ0n) is 13.8. The summed E-state index contributed by atoms with van der Waals surface area (Å²) in [5, 5.41) is 19.9. The van der Waals surface area contributed by atoms with Gasteiger partial charge in [0, 0.05) is 25.3 Å². The minimum Gasteiger partial charge on any atom is -0.483 e. The summed E-state index contributed by atoms with van der Waals surface area (Å²) < 4.78 is 1.60. The first-order valence-corrected chi connectivity index (χ1v) is 7.01. The van der Waals surface area contributed by atoms with Crippen LogP contribution in [-0.4, -0.2) is 81.9 Å². The van der Waals surface area contributed by atoms with Crippen molar-refractivity contribution in [3.8, 4) is 0 Å². The van der Waals surface area contributed by atoms with Crippen molar-refractivity contribution in [3.05, 3.63) is 18.0 Å². The summed E-state index contributed by atoms with van der Waals surface area (Å²) in [6, 6.07) is 1.66. The molecule has 1 heterocycles. The molecule has 23 heavy (non-hydrogen) atoms. The van der Waals surface area contributed by atoms with Gasteiger partial charge in [0.2, 0.25) is 0 Å². The average molecular weight is 328 g/mol. The molecule has 0 radical (unpaired) electrons. The van der Waals surface area contributed by atoms with Gasteiger partial charge in [0.05, 0.1) is 0 Å². The molecule has 0 saturated heterocycles. The van der Waals surface area contributed by atoms with Crippen molar-refractivity contribution in [2.45, 2.75) is 19.9 Å². The fourth-order valence-corrected chi connectivity index (χ4v) is 1.79. The molecule has 0 aliphatic rings. The SMILES string of the molecule is CC(C)n1nccc1C(=O)N(CCN(C)C)CC(=O)O.O=CO. The van der Waals surface area contributed by atoms with Crippen LogP contribution >= 0.6 is 0 Å². The Balaban J connectivity index is 0.00000149. The molecule has 0 unspecified atom stereocenters. The molecule has 1 amide bonds. The van der Waals surface area contributed by atoms with E-state index in [2.05, 4.69) is 5.10 Å². The summed E-state index contributed by atoms with van der Waals surface area (Å²) in [5.41, 5.74) is 0.417. The molecule has 0 bridgehead atoms. The van der Waals surface area contributed by atoms with Gasteiger partial charge in [-0.05, 0) is 34.0 Å². The number of carboxylic acids is 1. The van der Waals surface area contributed by atoms with Gasteiger partial charge in [0.1, 0.15) is 12.2 Å². The zero-order chi connectivity index (χ0) is 18.0. The summed E-state index contributed by atoms with van der Waals surface area (Å²) in [6.07, 6.45) is 1.55. The van der Waals surface area contributed by atoms with E-state index < -0.39 is 5.97 Å². The van der Waals surface area contributed by atoms with Crippen LogP contribution in [0.25, 0.3) is 0 Å². The molecule has 1 aromatic rings. The highest BCUT2D eigenvalue weighted by atomic mass is 16.4. The van der Waals surface area contributed by atoms with Gasteiger partial charge in [-0.3, -0.25) is 19.1 Å². The number of hydrogen-bond donors (Lipinski definition) is 2. The van der Waals surface area contributed by atoms with Gasteiger partial charge in [-0.1, -0.05) is 0 Å². The molecule has 1 rings (SSSR count). The van der Waals surface area contributed by atoms with Crippen molar-refractivity contribution in [1.29, 1.82) is 0 Å². The molecular formula is C14H24N4O5. The number of amides is 1. The van der Waals surface area contributed by atoms with E-state index in [-0.39, 0.29) is 25.0 Å². The maximum atomic E-state index is 12.5. The fourth-order valence-electron chi connectivity index (χ4n) is 1.79. The monoisotopic (exact) mass is 328 g/mol. The Morgan fingerprint density at radius 2 is 1.91 bits per heavy atom. The summed E-state index contributed by atoms with van der Waals surface area (Å²) in [5.74, 6) is -1.33. The van der Waals surface area contributed by atoms with Crippen LogP contribution in [0, 0.1) is 0 Å². The fraction of sp³-hybridized carbons (Fsp3) is 0.571. The lowest BCUT2D eigenvalue weighted by Gasteiger charge is -2.23. The van der Waals surface area contributed by atoms with Gasteiger partial charge in [0.25, 0.3) is 12.4 Å². The molecule has 0 aromatic carbocycles. The molecular weight excluding hydrogens is 304 g/mol. The molecule has 0 saturated carbocycles. The first kappa shape index (κ1) is 20.6. The van der Waals surface area contributed by atoms with Gasteiger partial charge in [-0.2, -0.15) is 5.10 Å². The summed E-state index contributed by atoms with van der Waals surface area (Å²) in [7, 11) is 3.75. The van der Waals surface area contributed by atoms with Gasteiger partial charge in [-0.25, -0.2) is 0 Å². The second-order valence-electron chi connectivity index (χ2n) is 5.28. The van der Waals surface area contributed by atoms with Gasteiger partial charge < -0.3 is 20.0 Å². The largest absolute Gasteiger partial charge is 0.483 e. The minimum atomic E-state index is -1.02. The number of carboxylic acid groups (broad SMARTS) is 2. The Hall–Kier alpha value is -2.42. The summed E-state index contributed by atoms with van der Waals surface area (Å²) in [6.45, 7) is 4.25. The third kappa shape index (κ3) is 7.41. The Bertz CT molecular complexity index is 513. The third-order valence-corrected chi connectivity index (χ3v) is 2.81. The highest BCUT2D eigenvalue weighted by Gasteiger charge is 2.22.